The molecule has 1 aliphatic carbocycles. The summed E-state index contributed by atoms with van der Waals surface area (Å²) in [6.07, 6.45) is 2.70. The van der Waals surface area contributed by atoms with Gasteiger partial charge in [0.2, 0.25) is 5.78 Å². The van der Waals surface area contributed by atoms with Crippen LogP contribution in [-0.2, 0) is 9.59 Å². The summed E-state index contributed by atoms with van der Waals surface area (Å²) in [6, 6.07) is 16.5. The first-order valence-corrected chi connectivity index (χ1v) is 8.09. The average Bonchev–Trinajstić information content (AvgIpc) is 2.53. The molecule has 0 unspecified atom stereocenters. The smallest absolute Gasteiger partial charge is 0.203 e. The molecule has 3 nitrogen and oxygen atoms in total. The molecule has 0 bridgehead atoms. The highest BCUT2D eigenvalue weighted by Crippen LogP contribution is 2.30. The molecule has 0 aliphatic heterocycles. The first kappa shape index (κ1) is 15.6. The lowest BCUT2D eigenvalue weighted by Crippen LogP contribution is -2.17. The van der Waals surface area contributed by atoms with Crippen molar-refractivity contribution in [2.45, 2.75) is 4.90 Å². The van der Waals surface area contributed by atoms with Gasteiger partial charge in [0.25, 0.3) is 0 Å². The van der Waals surface area contributed by atoms with Crippen LogP contribution in [0.4, 0.5) is 5.69 Å². The minimum Gasteiger partial charge on any atom is -0.352 e. The molecule has 0 spiro atoms. The highest BCUT2D eigenvalue weighted by atomic mass is 35.5. The van der Waals surface area contributed by atoms with E-state index < -0.39 is 0 Å². The molecule has 0 aromatic heterocycles. The number of allylic oxidation sites excluding steroid dienone is 3. The Kier molecular flexibility index (Phi) is 4.65. The normalized spacial score (nSPS) is 14.3. The fourth-order valence-electron chi connectivity index (χ4n) is 2.06. The fourth-order valence-corrected chi connectivity index (χ4v) is 3.12. The molecule has 23 heavy (non-hydrogen) atoms. The van der Waals surface area contributed by atoms with E-state index in [1.54, 1.807) is 24.3 Å². The van der Waals surface area contributed by atoms with E-state index in [0.717, 1.165) is 4.90 Å². The summed E-state index contributed by atoms with van der Waals surface area (Å²) >= 11 is 7.20. The molecule has 114 valence electrons. The molecule has 0 fully saturated rings. The maximum Gasteiger partial charge on any atom is 0.203 e. The number of halogens is 1. The van der Waals surface area contributed by atoms with Crippen molar-refractivity contribution in [3.8, 4) is 0 Å². The molecule has 0 saturated carbocycles. The number of benzene rings is 2. The molecule has 0 atom stereocenters. The first-order valence-electron chi connectivity index (χ1n) is 6.89. The predicted octanol–water partition coefficient (Wildman–Crippen LogP) is 4.46. The van der Waals surface area contributed by atoms with E-state index in [1.807, 2.05) is 30.3 Å². The van der Waals surface area contributed by atoms with Gasteiger partial charge >= 0.3 is 0 Å². The van der Waals surface area contributed by atoms with Crippen molar-refractivity contribution in [2.24, 2.45) is 0 Å². The zero-order chi connectivity index (χ0) is 16.2. The molecule has 0 heterocycles. The second kappa shape index (κ2) is 6.86. The molecule has 5 heteroatoms. The van der Waals surface area contributed by atoms with E-state index in [-0.39, 0.29) is 17.3 Å². The number of hydrogen-bond donors (Lipinski definition) is 1. The molecule has 1 aliphatic rings. The van der Waals surface area contributed by atoms with Crippen molar-refractivity contribution in [1.82, 2.24) is 0 Å². The van der Waals surface area contributed by atoms with Crippen molar-refractivity contribution in [1.29, 1.82) is 0 Å². The Hall–Kier alpha value is -2.30. The van der Waals surface area contributed by atoms with Crippen molar-refractivity contribution in [3.63, 3.8) is 0 Å². The van der Waals surface area contributed by atoms with Crippen LogP contribution < -0.4 is 5.32 Å². The SMILES string of the molecule is O=C1C=C(Sc2ccccc2)C(=O)C=C1Nc1cccc(Cl)c1. The van der Waals surface area contributed by atoms with Gasteiger partial charge in [0, 0.05) is 27.8 Å². The lowest BCUT2D eigenvalue weighted by molar-refractivity contribution is -0.114. The molecule has 0 saturated heterocycles. The summed E-state index contributed by atoms with van der Waals surface area (Å²) < 4.78 is 0. The van der Waals surface area contributed by atoms with E-state index in [4.69, 9.17) is 11.6 Å². The van der Waals surface area contributed by atoms with E-state index in [2.05, 4.69) is 5.32 Å². The Morgan fingerprint density at radius 1 is 0.870 bits per heavy atom. The second-order valence-electron chi connectivity index (χ2n) is 4.85. The first-order chi connectivity index (χ1) is 11.1. The van der Waals surface area contributed by atoms with Crippen LogP contribution in [0, 0.1) is 0 Å². The largest absolute Gasteiger partial charge is 0.352 e. The summed E-state index contributed by atoms with van der Waals surface area (Å²) in [4.78, 5) is 25.8. The number of hydrogen-bond acceptors (Lipinski definition) is 4. The number of carbonyl (C=O) groups excluding carboxylic acids is 2. The fraction of sp³-hybridized carbons (Fsp3) is 0. The summed E-state index contributed by atoms with van der Waals surface area (Å²) in [7, 11) is 0. The number of rotatable bonds is 4. The minimum atomic E-state index is -0.233. The standard InChI is InChI=1S/C18H12ClNO2S/c19-12-5-4-6-13(9-12)20-15-10-17(22)18(11-16(15)21)23-14-7-2-1-3-8-14/h1-11,20H. The molecular formula is C18H12ClNO2S. The van der Waals surface area contributed by atoms with Gasteiger partial charge in [0.1, 0.15) is 0 Å². The van der Waals surface area contributed by atoms with Crippen LogP contribution in [-0.4, -0.2) is 11.6 Å². The predicted molar refractivity (Wildman–Crippen MR) is 93.6 cm³/mol. The summed E-state index contributed by atoms with van der Waals surface area (Å²) in [5, 5.41) is 3.50. The third-order valence-corrected chi connectivity index (χ3v) is 4.40. The van der Waals surface area contributed by atoms with E-state index >= 15 is 0 Å². The Morgan fingerprint density at radius 3 is 2.39 bits per heavy atom. The lowest BCUT2D eigenvalue weighted by atomic mass is 10.1. The Bertz CT molecular complexity index is 828. The summed E-state index contributed by atoms with van der Waals surface area (Å²) in [6.45, 7) is 0. The average molecular weight is 342 g/mol. The Morgan fingerprint density at radius 2 is 1.65 bits per heavy atom. The van der Waals surface area contributed by atoms with Crippen molar-refractivity contribution >= 4 is 40.6 Å². The highest BCUT2D eigenvalue weighted by Gasteiger charge is 2.21. The van der Waals surface area contributed by atoms with E-state index in [0.29, 0.717) is 15.6 Å². The molecule has 2 aromatic rings. The van der Waals surface area contributed by atoms with Crippen LogP contribution in [0.5, 0.6) is 0 Å². The zero-order valence-corrected chi connectivity index (χ0v) is 13.5. The van der Waals surface area contributed by atoms with Crippen molar-refractivity contribution < 1.29 is 9.59 Å². The topological polar surface area (TPSA) is 46.2 Å². The van der Waals surface area contributed by atoms with Gasteiger partial charge in [-0.2, -0.15) is 0 Å². The van der Waals surface area contributed by atoms with E-state index in [9.17, 15) is 9.59 Å². The maximum atomic E-state index is 12.2. The number of ketones is 2. The number of carbonyl (C=O) groups is 2. The van der Waals surface area contributed by atoms with Crippen molar-refractivity contribution in [2.75, 3.05) is 5.32 Å². The minimum absolute atomic E-state index is 0.192. The highest BCUT2D eigenvalue weighted by molar-refractivity contribution is 8.04. The summed E-state index contributed by atoms with van der Waals surface area (Å²) in [5.41, 5.74) is 0.909. The van der Waals surface area contributed by atoms with Gasteiger partial charge in [-0.1, -0.05) is 47.6 Å². The van der Waals surface area contributed by atoms with Gasteiger partial charge < -0.3 is 5.32 Å². The van der Waals surface area contributed by atoms with Gasteiger partial charge in [-0.25, -0.2) is 0 Å². The maximum absolute atomic E-state index is 12.2. The van der Waals surface area contributed by atoms with Crippen LogP contribution in [0.3, 0.4) is 0 Å². The molecule has 2 aromatic carbocycles. The zero-order valence-electron chi connectivity index (χ0n) is 12.0. The lowest BCUT2D eigenvalue weighted by Gasteiger charge is -2.14. The third-order valence-electron chi connectivity index (χ3n) is 3.12. The number of nitrogens with one attached hydrogen (secondary N) is 1. The monoisotopic (exact) mass is 341 g/mol. The number of anilines is 1. The molecule has 0 amide bonds. The Balaban J connectivity index is 1.76. The van der Waals surface area contributed by atoms with Crippen LogP contribution in [0.2, 0.25) is 5.02 Å². The van der Waals surface area contributed by atoms with Gasteiger partial charge in [-0.15, -0.1) is 0 Å². The van der Waals surface area contributed by atoms with Crippen LogP contribution in [0.1, 0.15) is 0 Å². The summed E-state index contributed by atoms with van der Waals surface area (Å²) in [5.74, 6) is -0.425. The third kappa shape index (κ3) is 3.92. The number of thioether (sulfide) groups is 1. The molecular weight excluding hydrogens is 330 g/mol. The van der Waals surface area contributed by atoms with Crippen molar-refractivity contribution in [3.05, 3.63) is 82.4 Å². The van der Waals surface area contributed by atoms with E-state index in [1.165, 1.54) is 23.9 Å². The van der Waals surface area contributed by atoms with Gasteiger partial charge in [-0.05, 0) is 30.3 Å². The van der Waals surface area contributed by atoms with Crippen LogP contribution in [0.25, 0.3) is 0 Å². The van der Waals surface area contributed by atoms with Crippen LogP contribution >= 0.6 is 23.4 Å². The van der Waals surface area contributed by atoms with Gasteiger partial charge in [0.05, 0.1) is 10.6 Å². The van der Waals surface area contributed by atoms with Gasteiger partial charge in [-0.3, -0.25) is 9.59 Å². The molecule has 3 rings (SSSR count). The second-order valence-corrected chi connectivity index (χ2v) is 6.40. The molecule has 0 radical (unpaired) electrons. The Labute approximate surface area is 143 Å². The van der Waals surface area contributed by atoms with Gasteiger partial charge in [0.15, 0.2) is 5.78 Å². The quantitative estimate of drug-likeness (QED) is 0.834. The molecule has 1 N–H and O–H groups in total. The van der Waals surface area contributed by atoms with Crippen LogP contribution in [0.15, 0.2) is 82.2 Å².